The maximum atomic E-state index is 14.7. The fourth-order valence-corrected chi connectivity index (χ4v) is 4.40. The number of halogens is 4. The number of rotatable bonds is 12. The highest BCUT2D eigenvalue weighted by Crippen LogP contribution is 2.23. The van der Waals surface area contributed by atoms with E-state index in [4.69, 9.17) is 4.74 Å². The van der Waals surface area contributed by atoms with Gasteiger partial charge in [-0.3, -0.25) is 19.3 Å². The molecule has 0 spiro atoms. The molecule has 1 aliphatic heterocycles. The Kier molecular flexibility index (Phi) is 10.5. The molecule has 1 aliphatic rings. The van der Waals surface area contributed by atoms with Gasteiger partial charge in [0.05, 0.1) is 32.0 Å². The molecule has 4 rings (SSSR count). The number of anilines is 1. The van der Waals surface area contributed by atoms with E-state index in [9.17, 15) is 31.9 Å². The molecule has 2 N–H and O–H groups in total. The first-order valence-corrected chi connectivity index (χ1v) is 13.4. The molecule has 2 atom stereocenters. The molecule has 3 aromatic rings. The standard InChI is InChI=1S/C27H31F4N7O5/c1-18-14-36(9-10-42-18)17-24(39)33-21-6-8-37(25(40)12-21)7-5-20(28)15-38-16-23(34-35-38)26(41)32-13-19-3-2-4-22(11-19)43-27(29,30)31/h2-4,6,8,11-12,16,18,20H,5,7,9-10,13-15,17H2,1H3,(H,32,41)(H,33,39). The number of hydrogen-bond acceptors (Lipinski definition) is 8. The number of benzene rings is 1. The van der Waals surface area contributed by atoms with E-state index >= 15 is 0 Å². The number of amides is 2. The van der Waals surface area contributed by atoms with Crippen molar-refractivity contribution in [2.45, 2.75) is 51.6 Å². The second-order valence-electron chi connectivity index (χ2n) is 10.0. The monoisotopic (exact) mass is 609 g/mol. The molecule has 232 valence electrons. The summed E-state index contributed by atoms with van der Waals surface area (Å²) in [7, 11) is 0. The first kappa shape index (κ1) is 31.6. The van der Waals surface area contributed by atoms with Crippen LogP contribution in [0, 0.1) is 0 Å². The van der Waals surface area contributed by atoms with E-state index in [-0.39, 0.29) is 50.3 Å². The molecular formula is C27H31F4N7O5. The number of hydrogen-bond donors (Lipinski definition) is 2. The Balaban J connectivity index is 1.21. The smallest absolute Gasteiger partial charge is 0.406 e. The van der Waals surface area contributed by atoms with Crippen molar-refractivity contribution in [2.75, 3.05) is 31.6 Å². The Hall–Kier alpha value is -4.31. The molecule has 2 aromatic heterocycles. The van der Waals surface area contributed by atoms with E-state index in [1.807, 2.05) is 11.8 Å². The Labute approximate surface area is 243 Å². The van der Waals surface area contributed by atoms with Gasteiger partial charge in [0.25, 0.3) is 11.5 Å². The third-order valence-electron chi connectivity index (χ3n) is 6.40. The van der Waals surface area contributed by atoms with Gasteiger partial charge in [0.1, 0.15) is 11.9 Å². The Morgan fingerprint density at radius 2 is 2.05 bits per heavy atom. The molecular weight excluding hydrogens is 578 g/mol. The highest BCUT2D eigenvalue weighted by atomic mass is 19.4. The van der Waals surface area contributed by atoms with Crippen molar-refractivity contribution < 1.29 is 36.6 Å². The van der Waals surface area contributed by atoms with E-state index in [1.165, 1.54) is 35.2 Å². The predicted octanol–water partition coefficient (Wildman–Crippen LogP) is 2.36. The zero-order valence-corrected chi connectivity index (χ0v) is 23.2. The van der Waals surface area contributed by atoms with Gasteiger partial charge in [0.2, 0.25) is 5.91 Å². The molecule has 0 radical (unpaired) electrons. The molecule has 0 saturated carbocycles. The number of ether oxygens (including phenoxy) is 2. The number of pyridine rings is 1. The minimum atomic E-state index is -4.84. The zero-order valence-electron chi connectivity index (χ0n) is 23.2. The average molecular weight is 610 g/mol. The van der Waals surface area contributed by atoms with E-state index in [2.05, 4.69) is 25.7 Å². The minimum Gasteiger partial charge on any atom is -0.406 e. The third kappa shape index (κ3) is 10.2. The predicted molar refractivity (Wildman–Crippen MR) is 145 cm³/mol. The maximum absolute atomic E-state index is 14.7. The maximum Gasteiger partial charge on any atom is 0.573 e. The van der Waals surface area contributed by atoms with Crippen molar-refractivity contribution in [3.05, 3.63) is 70.4 Å². The normalized spacial score (nSPS) is 16.4. The molecule has 12 nitrogen and oxygen atoms in total. The fourth-order valence-electron chi connectivity index (χ4n) is 4.40. The minimum absolute atomic E-state index is 0.0292. The van der Waals surface area contributed by atoms with Crippen LogP contribution < -0.4 is 20.9 Å². The number of carbonyl (C=O) groups is 2. The van der Waals surface area contributed by atoms with Gasteiger partial charge in [-0.15, -0.1) is 18.3 Å². The van der Waals surface area contributed by atoms with Gasteiger partial charge in [-0.05, 0) is 37.1 Å². The van der Waals surface area contributed by atoms with Gasteiger partial charge in [-0.1, -0.05) is 17.3 Å². The average Bonchev–Trinajstić information content (AvgIpc) is 3.39. The SMILES string of the molecule is CC1CN(CC(=O)Nc2ccn(CCC(F)Cn3cc(C(=O)NCc4cccc(OC(F)(F)F)c4)nn3)c(=O)c2)CCO1. The molecule has 43 heavy (non-hydrogen) atoms. The quantitative estimate of drug-likeness (QED) is 0.299. The lowest BCUT2D eigenvalue weighted by Gasteiger charge is -2.30. The van der Waals surface area contributed by atoms with Crippen LogP contribution in [0.4, 0.5) is 23.2 Å². The lowest BCUT2D eigenvalue weighted by Crippen LogP contribution is -2.44. The number of morpholine rings is 1. The summed E-state index contributed by atoms with van der Waals surface area (Å²) in [5, 5.41) is 12.7. The van der Waals surface area contributed by atoms with E-state index in [1.54, 1.807) is 6.07 Å². The molecule has 2 unspecified atom stereocenters. The molecule has 16 heteroatoms. The molecule has 1 saturated heterocycles. The van der Waals surface area contributed by atoms with Crippen molar-refractivity contribution >= 4 is 17.5 Å². The second-order valence-corrected chi connectivity index (χ2v) is 10.0. The number of aryl methyl sites for hydroxylation is 1. The van der Waals surface area contributed by atoms with Crippen LogP contribution in [0.1, 0.15) is 29.4 Å². The third-order valence-corrected chi connectivity index (χ3v) is 6.40. The molecule has 1 aromatic carbocycles. The fraction of sp³-hybridized carbons (Fsp3) is 0.444. The van der Waals surface area contributed by atoms with Gasteiger partial charge >= 0.3 is 6.36 Å². The zero-order chi connectivity index (χ0) is 31.0. The topological polar surface area (TPSA) is 133 Å². The van der Waals surface area contributed by atoms with Crippen molar-refractivity contribution in [3.8, 4) is 5.75 Å². The largest absolute Gasteiger partial charge is 0.573 e. The molecule has 0 aliphatic carbocycles. The lowest BCUT2D eigenvalue weighted by molar-refractivity contribution is -0.274. The van der Waals surface area contributed by atoms with Crippen LogP contribution in [0.25, 0.3) is 0 Å². The van der Waals surface area contributed by atoms with Crippen LogP contribution in [-0.4, -0.2) is 81.2 Å². The number of carbonyl (C=O) groups excluding carboxylic acids is 2. The summed E-state index contributed by atoms with van der Waals surface area (Å²) in [4.78, 5) is 39.2. The number of nitrogens with zero attached hydrogens (tertiary/aromatic N) is 5. The summed E-state index contributed by atoms with van der Waals surface area (Å²) in [6.45, 7) is 3.71. The highest BCUT2D eigenvalue weighted by Gasteiger charge is 2.31. The second kappa shape index (κ2) is 14.2. The van der Waals surface area contributed by atoms with Gasteiger partial charge in [0, 0.05) is 44.1 Å². The summed E-state index contributed by atoms with van der Waals surface area (Å²) in [6, 6.07) is 7.98. The first-order valence-electron chi connectivity index (χ1n) is 13.4. The van der Waals surface area contributed by atoms with Crippen LogP contribution >= 0.6 is 0 Å². The Bertz CT molecular complexity index is 1460. The van der Waals surface area contributed by atoms with Crippen LogP contribution in [0.15, 0.2) is 53.6 Å². The summed E-state index contributed by atoms with van der Waals surface area (Å²) < 4.78 is 63.7. The van der Waals surface area contributed by atoms with E-state index in [0.717, 1.165) is 16.8 Å². The van der Waals surface area contributed by atoms with Crippen LogP contribution in [-0.2, 0) is 29.2 Å². The summed E-state index contributed by atoms with van der Waals surface area (Å²) in [5.74, 6) is -1.32. The van der Waals surface area contributed by atoms with Crippen molar-refractivity contribution in [2.24, 2.45) is 0 Å². The van der Waals surface area contributed by atoms with Crippen molar-refractivity contribution in [1.29, 1.82) is 0 Å². The summed E-state index contributed by atoms with van der Waals surface area (Å²) in [5.41, 5.74) is 0.201. The van der Waals surface area contributed by atoms with Crippen LogP contribution in [0.2, 0.25) is 0 Å². The van der Waals surface area contributed by atoms with E-state index in [0.29, 0.717) is 30.9 Å². The van der Waals surface area contributed by atoms with Gasteiger partial charge in [-0.25, -0.2) is 9.07 Å². The van der Waals surface area contributed by atoms with E-state index < -0.39 is 29.7 Å². The molecule has 3 heterocycles. The summed E-state index contributed by atoms with van der Waals surface area (Å²) >= 11 is 0. The van der Waals surface area contributed by atoms with Gasteiger partial charge in [-0.2, -0.15) is 0 Å². The van der Waals surface area contributed by atoms with Crippen molar-refractivity contribution in [1.82, 2.24) is 29.8 Å². The van der Waals surface area contributed by atoms with Gasteiger partial charge < -0.3 is 24.7 Å². The molecule has 2 amide bonds. The summed E-state index contributed by atoms with van der Waals surface area (Å²) in [6.07, 6.45) is -3.52. The Morgan fingerprint density at radius 1 is 1.23 bits per heavy atom. The lowest BCUT2D eigenvalue weighted by atomic mass is 10.2. The molecule has 1 fully saturated rings. The first-order chi connectivity index (χ1) is 20.4. The Morgan fingerprint density at radius 3 is 2.79 bits per heavy atom. The molecule has 0 bridgehead atoms. The number of alkyl halides is 4. The van der Waals surface area contributed by atoms with Crippen LogP contribution in [0.3, 0.4) is 0 Å². The highest BCUT2D eigenvalue weighted by molar-refractivity contribution is 5.92. The number of aromatic nitrogens is 4. The van der Waals surface area contributed by atoms with Crippen LogP contribution in [0.5, 0.6) is 5.75 Å². The number of nitrogens with one attached hydrogen (secondary N) is 2. The van der Waals surface area contributed by atoms with Crippen molar-refractivity contribution in [3.63, 3.8) is 0 Å². The van der Waals surface area contributed by atoms with Gasteiger partial charge in [0.15, 0.2) is 5.69 Å².